The maximum atomic E-state index is 14.0. The number of aromatic amines is 1. The second-order valence-electron chi connectivity index (χ2n) is 7.68. The van der Waals surface area contributed by atoms with E-state index in [0.717, 1.165) is 17.6 Å². The van der Waals surface area contributed by atoms with E-state index in [4.69, 9.17) is 9.73 Å². The zero-order chi connectivity index (χ0) is 22.7. The molecule has 0 bridgehead atoms. The number of ether oxygens (including phenoxy) is 1. The fourth-order valence-electron chi connectivity index (χ4n) is 4.24. The van der Waals surface area contributed by atoms with Crippen molar-refractivity contribution in [3.8, 4) is 0 Å². The summed E-state index contributed by atoms with van der Waals surface area (Å²) in [6.07, 6.45) is 2.79. The molecule has 7 heteroatoms. The minimum Gasteiger partial charge on any atom is -0.466 e. The number of benzene rings is 2. The average Bonchev–Trinajstić information content (AvgIpc) is 3.21. The van der Waals surface area contributed by atoms with Crippen molar-refractivity contribution in [3.63, 3.8) is 0 Å². The van der Waals surface area contributed by atoms with Crippen LogP contribution in [0.2, 0.25) is 0 Å². The number of H-pyrrole nitrogens is 1. The molecule has 0 amide bonds. The monoisotopic (exact) mass is 434 g/mol. The van der Waals surface area contributed by atoms with E-state index in [1.165, 1.54) is 30.2 Å². The Morgan fingerprint density at radius 3 is 2.78 bits per heavy atom. The van der Waals surface area contributed by atoms with Crippen LogP contribution < -0.4 is 5.32 Å². The van der Waals surface area contributed by atoms with Gasteiger partial charge in [0.25, 0.3) is 0 Å². The predicted octanol–water partition coefficient (Wildman–Crippen LogP) is 4.32. The molecule has 166 valence electrons. The van der Waals surface area contributed by atoms with E-state index in [-0.39, 0.29) is 5.82 Å². The first-order valence-corrected chi connectivity index (χ1v) is 10.7. The molecule has 2 heterocycles. The molecule has 32 heavy (non-hydrogen) atoms. The van der Waals surface area contributed by atoms with Crippen LogP contribution in [-0.2, 0) is 16.0 Å². The Bertz CT molecular complexity index is 1200. The summed E-state index contributed by atoms with van der Waals surface area (Å²) >= 11 is 0. The summed E-state index contributed by atoms with van der Waals surface area (Å²) in [5.74, 6) is -0.144. The maximum Gasteiger partial charge on any atom is 0.337 e. The van der Waals surface area contributed by atoms with E-state index in [2.05, 4.69) is 22.4 Å². The van der Waals surface area contributed by atoms with Gasteiger partial charge < -0.3 is 19.9 Å². The van der Waals surface area contributed by atoms with Crippen LogP contribution in [0.4, 0.5) is 4.39 Å². The van der Waals surface area contributed by atoms with Crippen LogP contribution in [0, 0.1) is 5.82 Å². The Kier molecular flexibility index (Phi) is 6.25. The predicted molar refractivity (Wildman–Crippen MR) is 124 cm³/mol. The second kappa shape index (κ2) is 9.26. The van der Waals surface area contributed by atoms with Crippen LogP contribution in [0.5, 0.6) is 0 Å². The largest absolute Gasteiger partial charge is 0.466 e. The average molecular weight is 435 g/mol. The van der Waals surface area contributed by atoms with Gasteiger partial charge >= 0.3 is 5.97 Å². The third-order valence-electron chi connectivity index (χ3n) is 5.83. The Morgan fingerprint density at radius 2 is 2.03 bits per heavy atom. The molecule has 0 saturated carbocycles. The third-order valence-corrected chi connectivity index (χ3v) is 5.83. The topological polar surface area (TPSA) is 69.7 Å². The van der Waals surface area contributed by atoms with Gasteiger partial charge in [-0.1, -0.05) is 30.3 Å². The number of hydrogen-bond acceptors (Lipinski definition) is 3. The molecule has 1 aliphatic heterocycles. The summed E-state index contributed by atoms with van der Waals surface area (Å²) in [4.78, 5) is 22.7. The first-order valence-electron chi connectivity index (χ1n) is 10.7. The van der Waals surface area contributed by atoms with Gasteiger partial charge in [-0.2, -0.15) is 0 Å². The van der Waals surface area contributed by atoms with Crippen molar-refractivity contribution in [1.29, 1.82) is 0 Å². The normalized spacial score (nSPS) is 17.7. The van der Waals surface area contributed by atoms with E-state index in [1.807, 2.05) is 37.1 Å². The summed E-state index contributed by atoms with van der Waals surface area (Å²) < 4.78 is 19.0. The van der Waals surface area contributed by atoms with Gasteiger partial charge in [-0.15, -0.1) is 0 Å². The Morgan fingerprint density at radius 1 is 1.22 bits per heavy atom. The number of methoxy groups -OCH3 is 1. The minimum atomic E-state index is -0.548. The van der Waals surface area contributed by atoms with Gasteiger partial charge in [-0.05, 0) is 49.6 Å². The molecular formula is C25H27FN4O2. The third kappa shape index (κ3) is 4.10. The highest BCUT2D eigenvalue weighted by Crippen LogP contribution is 2.31. The lowest BCUT2D eigenvalue weighted by Gasteiger charge is -2.37. The number of fused-ring (bicyclic) bond motifs is 1. The highest BCUT2D eigenvalue weighted by atomic mass is 19.1. The van der Waals surface area contributed by atoms with Crippen LogP contribution in [0.25, 0.3) is 10.9 Å². The molecule has 0 saturated heterocycles. The molecule has 1 aromatic heterocycles. The Balaban J connectivity index is 1.65. The van der Waals surface area contributed by atoms with Gasteiger partial charge in [-0.25, -0.2) is 9.18 Å². The number of para-hydroxylation sites is 1. The van der Waals surface area contributed by atoms with Crippen LogP contribution in [-0.4, -0.2) is 42.0 Å². The van der Waals surface area contributed by atoms with Gasteiger partial charge in [0.15, 0.2) is 5.96 Å². The maximum absolute atomic E-state index is 14.0. The highest BCUT2D eigenvalue weighted by Gasteiger charge is 2.34. The van der Waals surface area contributed by atoms with Gasteiger partial charge in [0.1, 0.15) is 5.82 Å². The van der Waals surface area contributed by atoms with Crippen molar-refractivity contribution in [2.75, 3.05) is 20.2 Å². The molecule has 1 atom stereocenters. The van der Waals surface area contributed by atoms with Gasteiger partial charge in [0.2, 0.25) is 0 Å². The Hall–Kier alpha value is -3.61. The van der Waals surface area contributed by atoms with Gasteiger partial charge in [0.05, 0.1) is 18.7 Å². The lowest BCUT2D eigenvalue weighted by atomic mass is 9.94. The number of aromatic nitrogens is 1. The van der Waals surface area contributed by atoms with E-state index in [1.54, 1.807) is 12.1 Å². The molecule has 4 rings (SSSR count). The molecule has 0 radical (unpaired) electrons. The molecule has 3 aromatic rings. The van der Waals surface area contributed by atoms with E-state index in [9.17, 15) is 9.18 Å². The molecule has 0 spiro atoms. The van der Waals surface area contributed by atoms with Gasteiger partial charge in [-0.3, -0.25) is 4.99 Å². The van der Waals surface area contributed by atoms with Crippen molar-refractivity contribution in [2.45, 2.75) is 26.3 Å². The standard InChI is InChI=1S/C25H27FN4O2/c1-4-30-16(2)22(24(31)32-3)23(17-8-7-9-19(26)14-17)29-25(30)27-13-12-18-15-28-21-11-6-5-10-20(18)21/h5-11,14-15,23,28H,4,12-13H2,1-3H3,(H,27,29). The number of nitrogens with one attached hydrogen (secondary N) is 2. The lowest BCUT2D eigenvalue weighted by molar-refractivity contribution is -0.136. The second-order valence-corrected chi connectivity index (χ2v) is 7.68. The fraction of sp³-hybridized carbons (Fsp3) is 0.280. The number of nitrogens with zero attached hydrogens (tertiary/aromatic N) is 2. The van der Waals surface area contributed by atoms with Crippen molar-refractivity contribution in [2.24, 2.45) is 4.99 Å². The van der Waals surface area contributed by atoms with E-state index in [0.29, 0.717) is 30.2 Å². The van der Waals surface area contributed by atoms with Crippen LogP contribution in [0.1, 0.15) is 31.0 Å². The van der Waals surface area contributed by atoms with Crippen molar-refractivity contribution >= 4 is 22.8 Å². The van der Waals surface area contributed by atoms with Crippen molar-refractivity contribution in [3.05, 3.63) is 82.9 Å². The van der Waals surface area contributed by atoms with E-state index < -0.39 is 12.0 Å². The number of allylic oxidation sites excluding steroid dienone is 1. The zero-order valence-corrected chi connectivity index (χ0v) is 18.5. The van der Waals surface area contributed by atoms with Crippen LogP contribution in [0.15, 0.2) is 71.0 Å². The SMILES string of the molecule is CCN1C(=NCCc2c[nH]c3ccccc23)NC(c2cccc(F)c2)C(C(=O)OC)=C1C. The van der Waals surface area contributed by atoms with E-state index >= 15 is 0 Å². The quantitative estimate of drug-likeness (QED) is 0.567. The molecule has 1 aliphatic rings. The molecular weight excluding hydrogens is 407 g/mol. The number of carbonyl (C=O) groups is 1. The lowest BCUT2D eigenvalue weighted by Crippen LogP contribution is -2.49. The molecule has 6 nitrogen and oxygen atoms in total. The first-order chi connectivity index (χ1) is 15.5. The highest BCUT2D eigenvalue weighted by molar-refractivity contribution is 5.96. The number of esters is 1. The molecule has 0 fully saturated rings. The smallest absolute Gasteiger partial charge is 0.337 e. The summed E-state index contributed by atoms with van der Waals surface area (Å²) in [5, 5.41) is 4.55. The van der Waals surface area contributed by atoms with Crippen molar-refractivity contribution in [1.82, 2.24) is 15.2 Å². The Labute approximate surface area is 186 Å². The first kappa shape index (κ1) is 21.6. The van der Waals surface area contributed by atoms with Crippen molar-refractivity contribution < 1.29 is 13.9 Å². The summed E-state index contributed by atoms with van der Waals surface area (Å²) in [7, 11) is 1.35. The number of halogens is 1. The number of hydrogen-bond donors (Lipinski definition) is 2. The fourth-order valence-corrected chi connectivity index (χ4v) is 4.24. The van der Waals surface area contributed by atoms with Crippen LogP contribution in [0.3, 0.4) is 0 Å². The summed E-state index contributed by atoms with van der Waals surface area (Å²) in [5.41, 5.74) is 4.15. The number of aliphatic imine (C=N–C) groups is 1. The molecule has 2 aromatic carbocycles. The number of rotatable bonds is 6. The molecule has 1 unspecified atom stereocenters. The van der Waals surface area contributed by atoms with Crippen LogP contribution >= 0.6 is 0 Å². The van der Waals surface area contributed by atoms with Gasteiger partial charge in [0, 0.05) is 35.9 Å². The summed E-state index contributed by atoms with van der Waals surface area (Å²) in [6.45, 7) is 5.06. The number of carbonyl (C=O) groups excluding carboxylic acids is 1. The molecule has 2 N–H and O–H groups in total. The number of guanidine groups is 1. The zero-order valence-electron chi connectivity index (χ0n) is 18.5. The molecule has 0 aliphatic carbocycles. The minimum absolute atomic E-state index is 0.359. The summed E-state index contributed by atoms with van der Waals surface area (Å²) in [6, 6.07) is 13.9.